The second kappa shape index (κ2) is 5.31. The zero-order valence-electron chi connectivity index (χ0n) is 9.99. The third-order valence-electron chi connectivity index (χ3n) is 2.96. The molecule has 1 heterocycles. The van der Waals surface area contributed by atoms with Crippen LogP contribution in [-0.4, -0.2) is 0 Å². The molecule has 0 radical (unpaired) electrons. The van der Waals surface area contributed by atoms with Crippen molar-refractivity contribution >= 4 is 43.0 Å². The Morgan fingerprint density at radius 1 is 1.16 bits per heavy atom. The molecular weight excluding hydrogens is 325 g/mol. The molecule has 0 unspecified atom stereocenters. The molecule has 0 aliphatic carbocycles. The lowest BCUT2D eigenvalue weighted by atomic mass is 10.2. The van der Waals surface area contributed by atoms with Gasteiger partial charge < -0.3 is 5.32 Å². The second-order valence-corrected chi connectivity index (χ2v) is 6.01. The third-order valence-corrected chi connectivity index (χ3v) is 4.58. The van der Waals surface area contributed by atoms with E-state index in [1.165, 1.54) is 21.7 Å². The standard InChI is InChI=1S/C15H11BrFNS/c16-13-7-11(5-6-14(13)17)18-8-10-9-19-15-4-2-1-3-12(10)15/h1-7,9,18H,8H2. The van der Waals surface area contributed by atoms with E-state index in [2.05, 4.69) is 38.8 Å². The van der Waals surface area contributed by atoms with Gasteiger partial charge in [0, 0.05) is 16.9 Å². The lowest BCUT2D eigenvalue weighted by molar-refractivity contribution is 0.621. The van der Waals surface area contributed by atoms with Crippen LogP contribution in [0.1, 0.15) is 5.56 Å². The molecule has 1 N–H and O–H groups in total. The molecule has 19 heavy (non-hydrogen) atoms. The summed E-state index contributed by atoms with van der Waals surface area (Å²) in [5.74, 6) is -0.244. The van der Waals surface area contributed by atoms with Crippen LogP contribution in [0.25, 0.3) is 10.1 Å². The number of halogens is 2. The van der Waals surface area contributed by atoms with Gasteiger partial charge in [-0.25, -0.2) is 4.39 Å². The number of thiophene rings is 1. The van der Waals surface area contributed by atoms with Gasteiger partial charge >= 0.3 is 0 Å². The van der Waals surface area contributed by atoms with Gasteiger partial charge in [-0.05, 0) is 56.5 Å². The van der Waals surface area contributed by atoms with Crippen molar-refractivity contribution in [3.05, 3.63) is 63.7 Å². The van der Waals surface area contributed by atoms with E-state index in [4.69, 9.17) is 0 Å². The number of rotatable bonds is 3. The zero-order valence-corrected chi connectivity index (χ0v) is 12.4. The molecule has 1 aromatic heterocycles. The van der Waals surface area contributed by atoms with Crippen LogP contribution in [0.3, 0.4) is 0 Å². The number of hydrogen-bond acceptors (Lipinski definition) is 2. The fourth-order valence-corrected chi connectivity index (χ4v) is 3.31. The first-order chi connectivity index (χ1) is 9.24. The predicted octanol–water partition coefficient (Wildman–Crippen LogP) is 5.42. The summed E-state index contributed by atoms with van der Waals surface area (Å²) in [5, 5.41) is 6.76. The summed E-state index contributed by atoms with van der Waals surface area (Å²) < 4.78 is 14.9. The summed E-state index contributed by atoms with van der Waals surface area (Å²) in [6.45, 7) is 0.738. The Kier molecular flexibility index (Phi) is 3.53. The Hall–Kier alpha value is -1.39. The molecule has 96 valence electrons. The Bertz CT molecular complexity index is 723. The number of benzene rings is 2. The van der Waals surface area contributed by atoms with Gasteiger partial charge in [0.05, 0.1) is 4.47 Å². The molecule has 0 aliphatic heterocycles. The van der Waals surface area contributed by atoms with Crippen LogP contribution >= 0.6 is 27.3 Å². The summed E-state index contributed by atoms with van der Waals surface area (Å²) in [6, 6.07) is 13.3. The van der Waals surface area contributed by atoms with Crippen LogP contribution in [-0.2, 0) is 6.54 Å². The van der Waals surface area contributed by atoms with Gasteiger partial charge in [0.15, 0.2) is 0 Å². The minimum atomic E-state index is -0.244. The van der Waals surface area contributed by atoms with E-state index in [0.717, 1.165) is 12.2 Å². The maximum Gasteiger partial charge on any atom is 0.137 e. The molecule has 1 nitrogen and oxygen atoms in total. The molecule has 0 spiro atoms. The highest BCUT2D eigenvalue weighted by atomic mass is 79.9. The van der Waals surface area contributed by atoms with Crippen molar-refractivity contribution in [1.82, 2.24) is 0 Å². The van der Waals surface area contributed by atoms with E-state index in [1.54, 1.807) is 23.5 Å². The van der Waals surface area contributed by atoms with Gasteiger partial charge in [0.1, 0.15) is 5.82 Å². The highest BCUT2D eigenvalue weighted by Crippen LogP contribution is 2.27. The Morgan fingerprint density at radius 3 is 2.84 bits per heavy atom. The molecule has 0 saturated carbocycles. The molecule has 3 aromatic rings. The maximum absolute atomic E-state index is 13.1. The topological polar surface area (TPSA) is 12.0 Å². The van der Waals surface area contributed by atoms with Crippen molar-refractivity contribution in [2.24, 2.45) is 0 Å². The van der Waals surface area contributed by atoms with Crippen molar-refractivity contribution in [3.8, 4) is 0 Å². The predicted molar refractivity (Wildman–Crippen MR) is 83.3 cm³/mol. The smallest absolute Gasteiger partial charge is 0.137 e. The summed E-state index contributed by atoms with van der Waals surface area (Å²) in [5.41, 5.74) is 2.17. The largest absolute Gasteiger partial charge is 0.381 e. The van der Waals surface area contributed by atoms with E-state index in [9.17, 15) is 4.39 Å². The van der Waals surface area contributed by atoms with Crippen LogP contribution < -0.4 is 5.32 Å². The van der Waals surface area contributed by atoms with E-state index in [1.807, 2.05) is 12.1 Å². The van der Waals surface area contributed by atoms with Gasteiger partial charge in [0.2, 0.25) is 0 Å². The number of nitrogens with one attached hydrogen (secondary N) is 1. The number of fused-ring (bicyclic) bond motifs is 1. The first-order valence-electron chi connectivity index (χ1n) is 5.88. The van der Waals surface area contributed by atoms with Crippen molar-refractivity contribution in [3.63, 3.8) is 0 Å². The van der Waals surface area contributed by atoms with Gasteiger partial charge in [0.25, 0.3) is 0 Å². The van der Waals surface area contributed by atoms with Crippen LogP contribution in [0.5, 0.6) is 0 Å². The Morgan fingerprint density at radius 2 is 2.00 bits per heavy atom. The van der Waals surface area contributed by atoms with Gasteiger partial charge in [-0.3, -0.25) is 0 Å². The minimum absolute atomic E-state index is 0.244. The maximum atomic E-state index is 13.1. The van der Waals surface area contributed by atoms with Crippen LogP contribution in [0.2, 0.25) is 0 Å². The van der Waals surface area contributed by atoms with Crippen molar-refractivity contribution < 1.29 is 4.39 Å². The quantitative estimate of drug-likeness (QED) is 0.674. The van der Waals surface area contributed by atoms with Crippen LogP contribution in [0, 0.1) is 5.82 Å². The van der Waals surface area contributed by atoms with Gasteiger partial charge in [-0.2, -0.15) is 0 Å². The number of anilines is 1. The summed E-state index contributed by atoms with van der Waals surface area (Å²) in [6.07, 6.45) is 0. The van der Waals surface area contributed by atoms with Gasteiger partial charge in [-0.1, -0.05) is 18.2 Å². The van der Waals surface area contributed by atoms with Crippen molar-refractivity contribution in [1.29, 1.82) is 0 Å². The fourth-order valence-electron chi connectivity index (χ4n) is 1.97. The third kappa shape index (κ3) is 2.65. The molecule has 0 bridgehead atoms. The SMILES string of the molecule is Fc1ccc(NCc2csc3ccccc23)cc1Br. The van der Waals surface area contributed by atoms with Crippen LogP contribution in [0.4, 0.5) is 10.1 Å². The minimum Gasteiger partial charge on any atom is -0.381 e. The van der Waals surface area contributed by atoms with E-state index >= 15 is 0 Å². The average molecular weight is 336 g/mol. The fraction of sp³-hybridized carbons (Fsp3) is 0.0667. The van der Waals surface area contributed by atoms with E-state index in [0.29, 0.717) is 4.47 Å². The molecule has 0 amide bonds. The summed E-state index contributed by atoms with van der Waals surface area (Å²) in [4.78, 5) is 0. The molecule has 0 saturated heterocycles. The van der Waals surface area contributed by atoms with Crippen LogP contribution in [0.15, 0.2) is 52.3 Å². The molecular formula is C15H11BrFNS. The van der Waals surface area contributed by atoms with Crippen molar-refractivity contribution in [2.45, 2.75) is 6.54 Å². The molecule has 0 aliphatic rings. The first-order valence-corrected chi connectivity index (χ1v) is 7.55. The highest BCUT2D eigenvalue weighted by molar-refractivity contribution is 9.10. The zero-order chi connectivity index (χ0) is 13.2. The summed E-state index contributed by atoms with van der Waals surface area (Å²) in [7, 11) is 0. The first kappa shape index (κ1) is 12.6. The lowest BCUT2D eigenvalue weighted by Crippen LogP contribution is -1.98. The van der Waals surface area contributed by atoms with E-state index in [-0.39, 0.29) is 5.82 Å². The molecule has 2 aromatic carbocycles. The Balaban J connectivity index is 1.80. The number of hydrogen-bond donors (Lipinski definition) is 1. The lowest BCUT2D eigenvalue weighted by Gasteiger charge is -2.06. The Labute approximate surface area is 123 Å². The highest BCUT2D eigenvalue weighted by Gasteiger charge is 2.04. The molecule has 0 fully saturated rings. The monoisotopic (exact) mass is 335 g/mol. The van der Waals surface area contributed by atoms with E-state index < -0.39 is 0 Å². The summed E-state index contributed by atoms with van der Waals surface area (Å²) >= 11 is 4.94. The molecule has 4 heteroatoms. The van der Waals surface area contributed by atoms with Gasteiger partial charge in [-0.15, -0.1) is 11.3 Å². The normalized spacial score (nSPS) is 10.8. The molecule has 0 atom stereocenters. The molecule has 3 rings (SSSR count). The second-order valence-electron chi connectivity index (χ2n) is 4.24. The average Bonchev–Trinajstić information content (AvgIpc) is 2.83. The van der Waals surface area contributed by atoms with Crippen molar-refractivity contribution in [2.75, 3.05) is 5.32 Å².